The van der Waals surface area contributed by atoms with Gasteiger partial charge < -0.3 is 26.4 Å². The summed E-state index contributed by atoms with van der Waals surface area (Å²) < 4.78 is 44.4. The van der Waals surface area contributed by atoms with Gasteiger partial charge in [-0.3, -0.25) is 4.79 Å². The van der Waals surface area contributed by atoms with E-state index < -0.39 is 23.7 Å². The van der Waals surface area contributed by atoms with Gasteiger partial charge in [0.05, 0.1) is 12.2 Å². The van der Waals surface area contributed by atoms with Crippen LogP contribution in [-0.4, -0.2) is 35.1 Å². The Hall–Kier alpha value is -4.01. The Labute approximate surface area is 195 Å². The lowest BCUT2D eigenvalue weighted by molar-refractivity contribution is -0.137. The molecule has 5 N–H and O–H groups in total. The fourth-order valence-electron chi connectivity index (χ4n) is 2.95. The molecule has 0 saturated heterocycles. The van der Waals surface area contributed by atoms with E-state index in [0.29, 0.717) is 13.0 Å². The number of nitrogens with zero attached hydrogens (tertiary/aromatic N) is 3. The summed E-state index contributed by atoms with van der Waals surface area (Å²) in [6, 6.07) is 5.27. The van der Waals surface area contributed by atoms with Gasteiger partial charge in [-0.05, 0) is 44.9 Å². The van der Waals surface area contributed by atoms with E-state index in [1.807, 2.05) is 6.07 Å². The number of halogens is 3. The van der Waals surface area contributed by atoms with Crippen molar-refractivity contribution in [1.82, 2.24) is 15.3 Å². The van der Waals surface area contributed by atoms with Gasteiger partial charge in [-0.15, -0.1) is 0 Å². The number of carbonyl (C=O) groups is 1. The number of amides is 1. The molecule has 9 nitrogen and oxygen atoms in total. The largest absolute Gasteiger partial charge is 0.477 e. The first kappa shape index (κ1) is 26.2. The number of aromatic nitrogens is 2. The zero-order valence-corrected chi connectivity index (χ0v) is 18.8. The van der Waals surface area contributed by atoms with E-state index in [-0.39, 0.29) is 41.9 Å². The van der Waals surface area contributed by atoms with Crippen molar-refractivity contribution in [3.05, 3.63) is 47.7 Å². The monoisotopic (exact) mass is 477 g/mol. The molecule has 0 bridgehead atoms. The molecule has 0 unspecified atom stereocenters. The number of allylic oxidation sites excluding steroid dienone is 1. The zero-order chi connectivity index (χ0) is 25.3. The molecule has 0 radical (unpaired) electrons. The van der Waals surface area contributed by atoms with E-state index in [2.05, 4.69) is 32.5 Å². The molecular formula is C22H26F3N7O2. The molecule has 182 valence electrons. The average Bonchev–Trinajstić information content (AvgIpc) is 2.75. The molecule has 1 atom stereocenters. The van der Waals surface area contributed by atoms with Crippen LogP contribution < -0.4 is 26.4 Å². The maximum absolute atomic E-state index is 13.0. The summed E-state index contributed by atoms with van der Waals surface area (Å²) in [5.41, 5.74) is 5.50. The minimum atomic E-state index is -4.55. The van der Waals surface area contributed by atoms with Crippen molar-refractivity contribution in [2.24, 2.45) is 0 Å². The molecule has 34 heavy (non-hydrogen) atoms. The zero-order valence-electron chi connectivity index (χ0n) is 18.8. The SMILES string of the molecule is C=C(C)NCCC[C@H](Nc1nc(N)nc(OCC)c1C#N)C(=O)Nc1cccc(C(F)(F)F)c1. The van der Waals surface area contributed by atoms with Crippen LogP contribution in [0.3, 0.4) is 0 Å². The van der Waals surface area contributed by atoms with E-state index in [4.69, 9.17) is 10.5 Å². The van der Waals surface area contributed by atoms with Gasteiger partial charge in [0.25, 0.3) is 0 Å². The first-order valence-corrected chi connectivity index (χ1v) is 10.4. The van der Waals surface area contributed by atoms with Gasteiger partial charge in [0, 0.05) is 17.9 Å². The van der Waals surface area contributed by atoms with Crippen LogP contribution in [0.25, 0.3) is 0 Å². The Bertz CT molecular complexity index is 1070. The number of nitriles is 1. The van der Waals surface area contributed by atoms with Crippen LogP contribution in [0.4, 0.5) is 30.6 Å². The van der Waals surface area contributed by atoms with Crippen LogP contribution in [-0.2, 0) is 11.0 Å². The Kier molecular flexibility index (Phi) is 9.06. The van der Waals surface area contributed by atoms with E-state index >= 15 is 0 Å². The Balaban J connectivity index is 2.31. The van der Waals surface area contributed by atoms with Crippen LogP contribution in [0.2, 0.25) is 0 Å². The van der Waals surface area contributed by atoms with Crippen LogP contribution in [0, 0.1) is 11.3 Å². The summed E-state index contributed by atoms with van der Waals surface area (Å²) in [5, 5.41) is 18.0. The third-order valence-corrected chi connectivity index (χ3v) is 4.47. The first-order chi connectivity index (χ1) is 16.0. The van der Waals surface area contributed by atoms with Crippen LogP contribution in [0.1, 0.15) is 37.8 Å². The number of nitrogens with one attached hydrogen (secondary N) is 3. The first-order valence-electron chi connectivity index (χ1n) is 10.4. The minimum absolute atomic E-state index is 0.0181. The van der Waals surface area contributed by atoms with E-state index in [1.165, 1.54) is 12.1 Å². The molecule has 0 aliphatic carbocycles. The van der Waals surface area contributed by atoms with E-state index in [1.54, 1.807) is 13.8 Å². The lowest BCUT2D eigenvalue weighted by Gasteiger charge is -2.21. The molecule has 0 saturated carbocycles. The van der Waals surface area contributed by atoms with Crippen molar-refractivity contribution < 1.29 is 22.7 Å². The summed E-state index contributed by atoms with van der Waals surface area (Å²) >= 11 is 0. The number of nitrogens with two attached hydrogens (primary N) is 1. The highest BCUT2D eigenvalue weighted by molar-refractivity contribution is 5.96. The number of rotatable bonds is 11. The summed E-state index contributed by atoms with van der Waals surface area (Å²) in [6.45, 7) is 7.95. The number of hydrogen-bond donors (Lipinski definition) is 4. The number of alkyl halides is 3. The molecule has 0 fully saturated rings. The van der Waals surface area contributed by atoms with Crippen LogP contribution in [0.15, 0.2) is 36.5 Å². The van der Waals surface area contributed by atoms with Gasteiger partial charge in [-0.1, -0.05) is 12.6 Å². The highest BCUT2D eigenvalue weighted by atomic mass is 19.4. The fraction of sp³-hybridized carbons (Fsp3) is 0.364. The van der Waals surface area contributed by atoms with Gasteiger partial charge in [0.2, 0.25) is 17.7 Å². The quantitative estimate of drug-likeness (QED) is 0.360. The molecular weight excluding hydrogens is 451 g/mol. The molecule has 0 spiro atoms. The van der Waals surface area contributed by atoms with Gasteiger partial charge >= 0.3 is 6.18 Å². The summed E-state index contributed by atoms with van der Waals surface area (Å²) in [4.78, 5) is 20.9. The average molecular weight is 477 g/mol. The normalized spacial score (nSPS) is 11.8. The molecule has 1 amide bonds. The predicted octanol–water partition coefficient (Wildman–Crippen LogP) is 3.67. The highest BCUT2D eigenvalue weighted by Crippen LogP contribution is 2.31. The molecule has 12 heteroatoms. The number of benzene rings is 1. The topological polar surface area (TPSA) is 138 Å². The predicted molar refractivity (Wildman–Crippen MR) is 122 cm³/mol. The van der Waals surface area contributed by atoms with Crippen molar-refractivity contribution in [1.29, 1.82) is 5.26 Å². The molecule has 2 rings (SSSR count). The molecule has 1 aromatic heterocycles. The molecule has 0 aliphatic heterocycles. The number of ether oxygens (including phenoxy) is 1. The summed E-state index contributed by atoms with van der Waals surface area (Å²) in [5.74, 6) is -0.851. The van der Waals surface area contributed by atoms with Crippen molar-refractivity contribution >= 4 is 23.4 Å². The summed E-state index contributed by atoms with van der Waals surface area (Å²) in [6.07, 6.45) is -3.80. The number of anilines is 3. The second kappa shape index (κ2) is 11.7. The third kappa shape index (κ3) is 7.54. The smallest absolute Gasteiger partial charge is 0.416 e. The van der Waals surface area contributed by atoms with Crippen molar-refractivity contribution in [2.45, 2.75) is 38.9 Å². The van der Waals surface area contributed by atoms with Crippen molar-refractivity contribution in [3.63, 3.8) is 0 Å². The Morgan fingerprint density at radius 2 is 2.09 bits per heavy atom. The fourth-order valence-corrected chi connectivity index (χ4v) is 2.95. The second-order valence-electron chi connectivity index (χ2n) is 7.27. The number of carbonyl (C=O) groups excluding carboxylic acids is 1. The standard InChI is InChI=1S/C22H26F3N7O2/c1-4-34-20-16(12-26)18(31-21(27)32-20)30-17(9-6-10-28-13(2)3)19(33)29-15-8-5-7-14(11-15)22(23,24)25/h5,7-8,11,17,28H,2,4,6,9-10H2,1,3H3,(H,29,33)(H3,27,30,31,32)/t17-/m0/s1. The van der Waals surface area contributed by atoms with Gasteiger partial charge in [-0.25, -0.2) is 0 Å². The Morgan fingerprint density at radius 3 is 2.71 bits per heavy atom. The van der Waals surface area contributed by atoms with Crippen molar-refractivity contribution in [2.75, 3.05) is 29.5 Å². The minimum Gasteiger partial charge on any atom is -0.477 e. The van der Waals surface area contributed by atoms with Crippen LogP contribution in [0.5, 0.6) is 5.88 Å². The lowest BCUT2D eigenvalue weighted by Crippen LogP contribution is -2.36. The number of nitrogen functional groups attached to an aromatic ring is 1. The van der Waals surface area contributed by atoms with Crippen molar-refractivity contribution in [3.8, 4) is 11.9 Å². The molecule has 1 heterocycles. The van der Waals surface area contributed by atoms with E-state index in [9.17, 15) is 23.2 Å². The molecule has 1 aromatic carbocycles. The maximum atomic E-state index is 13.0. The second-order valence-corrected chi connectivity index (χ2v) is 7.27. The molecule has 2 aromatic rings. The number of hydrogen-bond acceptors (Lipinski definition) is 8. The highest BCUT2D eigenvalue weighted by Gasteiger charge is 2.31. The van der Waals surface area contributed by atoms with Gasteiger partial charge in [-0.2, -0.15) is 28.4 Å². The third-order valence-electron chi connectivity index (χ3n) is 4.47. The summed E-state index contributed by atoms with van der Waals surface area (Å²) in [7, 11) is 0. The van der Waals surface area contributed by atoms with Gasteiger partial charge in [0.1, 0.15) is 12.1 Å². The van der Waals surface area contributed by atoms with E-state index in [0.717, 1.165) is 17.8 Å². The Morgan fingerprint density at radius 1 is 1.35 bits per heavy atom. The lowest BCUT2D eigenvalue weighted by atomic mass is 10.1. The molecule has 0 aliphatic rings. The van der Waals surface area contributed by atoms with Crippen LogP contribution >= 0.6 is 0 Å². The van der Waals surface area contributed by atoms with Gasteiger partial charge in [0.15, 0.2) is 11.4 Å². The maximum Gasteiger partial charge on any atom is 0.416 e.